The van der Waals surface area contributed by atoms with Gasteiger partial charge in [0.15, 0.2) is 0 Å². The summed E-state index contributed by atoms with van der Waals surface area (Å²) in [6, 6.07) is 6.22. The second-order valence-corrected chi connectivity index (χ2v) is 5.84. The molecule has 0 spiro atoms. The van der Waals surface area contributed by atoms with Crippen LogP contribution in [0.3, 0.4) is 0 Å². The molecule has 4 heteroatoms. The van der Waals surface area contributed by atoms with Gasteiger partial charge >= 0.3 is 0 Å². The molecule has 19 heavy (non-hydrogen) atoms. The summed E-state index contributed by atoms with van der Waals surface area (Å²) in [5.74, 6) is 0.920. The van der Waals surface area contributed by atoms with E-state index >= 15 is 0 Å². The molecule has 102 valence electrons. The van der Waals surface area contributed by atoms with Crippen LogP contribution in [0.15, 0.2) is 30.6 Å². The van der Waals surface area contributed by atoms with Gasteiger partial charge in [-0.25, -0.2) is 4.98 Å². The van der Waals surface area contributed by atoms with E-state index in [1.54, 1.807) is 0 Å². The summed E-state index contributed by atoms with van der Waals surface area (Å²) in [4.78, 5) is 4.44. The number of nitrogens with zero attached hydrogens (tertiary/aromatic N) is 3. The first kappa shape index (κ1) is 13.6. The van der Waals surface area contributed by atoms with Crippen molar-refractivity contribution in [2.24, 2.45) is 7.05 Å². The Morgan fingerprint density at radius 1 is 1.21 bits per heavy atom. The molecule has 0 aliphatic rings. The highest BCUT2D eigenvalue weighted by Crippen LogP contribution is 2.21. The summed E-state index contributed by atoms with van der Waals surface area (Å²) in [5.41, 5.74) is 2.50. The minimum Gasteiger partial charge on any atom is -0.370 e. The maximum Gasteiger partial charge on any atom is 0.125 e. The lowest BCUT2D eigenvalue weighted by Crippen LogP contribution is -2.12. The molecule has 0 saturated heterocycles. The predicted octanol–water partition coefficient (Wildman–Crippen LogP) is 2.77. The Balaban J connectivity index is 1.86. The monoisotopic (exact) mass is 258 g/mol. The van der Waals surface area contributed by atoms with Crippen LogP contribution in [0.2, 0.25) is 0 Å². The van der Waals surface area contributed by atoms with Gasteiger partial charge in [-0.05, 0) is 23.1 Å². The lowest BCUT2D eigenvalue weighted by molar-refractivity contribution is 0.587. The van der Waals surface area contributed by atoms with Crippen molar-refractivity contribution < 1.29 is 0 Å². The number of hydrogen-bond donors (Lipinski definition) is 1. The smallest absolute Gasteiger partial charge is 0.125 e. The van der Waals surface area contributed by atoms with E-state index in [0.717, 1.165) is 24.5 Å². The molecule has 2 rings (SSSR count). The van der Waals surface area contributed by atoms with Crippen molar-refractivity contribution in [1.29, 1.82) is 0 Å². The Kier molecular flexibility index (Phi) is 3.88. The van der Waals surface area contributed by atoms with Gasteiger partial charge in [-0.15, -0.1) is 0 Å². The minimum absolute atomic E-state index is 0.152. The zero-order valence-electron chi connectivity index (χ0n) is 12.1. The molecule has 2 heterocycles. The number of nitrogens with one attached hydrogen (secondary N) is 1. The number of hydrogen-bond acceptors (Lipinski definition) is 3. The van der Waals surface area contributed by atoms with Crippen LogP contribution in [0, 0.1) is 0 Å². The molecule has 0 radical (unpaired) electrons. The summed E-state index contributed by atoms with van der Waals surface area (Å²) < 4.78 is 1.83. The molecule has 4 nitrogen and oxygen atoms in total. The minimum atomic E-state index is 0.152. The van der Waals surface area contributed by atoms with Gasteiger partial charge in [-0.3, -0.25) is 4.68 Å². The topological polar surface area (TPSA) is 42.7 Å². The Labute approximate surface area is 114 Å². The normalized spacial score (nSPS) is 11.6. The maximum absolute atomic E-state index is 4.44. The van der Waals surface area contributed by atoms with Crippen molar-refractivity contribution in [3.05, 3.63) is 41.9 Å². The van der Waals surface area contributed by atoms with Crippen molar-refractivity contribution in [3.63, 3.8) is 0 Å². The SMILES string of the molecule is Cn1ccc(CCNc2ccc(C(C)(C)C)cn2)n1. The quantitative estimate of drug-likeness (QED) is 0.917. The molecule has 0 bridgehead atoms. The maximum atomic E-state index is 4.44. The Bertz CT molecular complexity index is 520. The molecule has 0 aliphatic carbocycles. The van der Waals surface area contributed by atoms with Crippen molar-refractivity contribution in [3.8, 4) is 0 Å². The second-order valence-electron chi connectivity index (χ2n) is 5.84. The van der Waals surface area contributed by atoms with E-state index in [2.05, 4.69) is 42.2 Å². The standard InChI is InChI=1S/C15H22N4/c1-15(2,3)12-5-6-14(17-11-12)16-9-7-13-8-10-19(4)18-13/h5-6,8,10-11H,7,9H2,1-4H3,(H,16,17). The van der Waals surface area contributed by atoms with Crippen LogP contribution in [0.5, 0.6) is 0 Å². The molecule has 0 aromatic carbocycles. The fourth-order valence-corrected chi connectivity index (χ4v) is 1.86. The highest BCUT2D eigenvalue weighted by molar-refractivity contribution is 5.37. The zero-order chi connectivity index (χ0) is 13.9. The third-order valence-electron chi connectivity index (χ3n) is 3.09. The first-order valence-corrected chi connectivity index (χ1v) is 6.64. The van der Waals surface area contributed by atoms with Crippen molar-refractivity contribution in [1.82, 2.24) is 14.8 Å². The van der Waals surface area contributed by atoms with E-state index in [9.17, 15) is 0 Å². The van der Waals surface area contributed by atoms with Gasteiger partial charge in [0, 0.05) is 32.4 Å². The summed E-state index contributed by atoms with van der Waals surface area (Å²) in [6.07, 6.45) is 4.82. The summed E-state index contributed by atoms with van der Waals surface area (Å²) in [5, 5.41) is 7.67. The fourth-order valence-electron chi connectivity index (χ4n) is 1.86. The number of rotatable bonds is 4. The summed E-state index contributed by atoms with van der Waals surface area (Å²) >= 11 is 0. The Morgan fingerprint density at radius 3 is 2.53 bits per heavy atom. The van der Waals surface area contributed by atoms with E-state index in [0.29, 0.717) is 0 Å². The van der Waals surface area contributed by atoms with E-state index in [1.165, 1.54) is 5.56 Å². The number of anilines is 1. The molecular formula is C15H22N4. The van der Waals surface area contributed by atoms with Crippen molar-refractivity contribution >= 4 is 5.82 Å². The fraction of sp³-hybridized carbons (Fsp3) is 0.467. The molecule has 0 fully saturated rings. The predicted molar refractivity (Wildman–Crippen MR) is 78.3 cm³/mol. The summed E-state index contributed by atoms with van der Waals surface area (Å²) in [7, 11) is 1.93. The highest BCUT2D eigenvalue weighted by Gasteiger charge is 2.13. The van der Waals surface area contributed by atoms with Crippen LogP contribution in [0.4, 0.5) is 5.82 Å². The van der Waals surface area contributed by atoms with E-state index in [1.807, 2.05) is 36.3 Å². The molecule has 0 atom stereocenters. The van der Waals surface area contributed by atoms with Gasteiger partial charge in [-0.2, -0.15) is 5.10 Å². The third kappa shape index (κ3) is 3.81. The molecule has 1 N–H and O–H groups in total. The largest absolute Gasteiger partial charge is 0.370 e. The molecule has 0 aliphatic heterocycles. The van der Waals surface area contributed by atoms with Crippen molar-refractivity contribution in [2.45, 2.75) is 32.6 Å². The molecular weight excluding hydrogens is 236 g/mol. The van der Waals surface area contributed by atoms with Crippen LogP contribution in [0.25, 0.3) is 0 Å². The molecule has 0 unspecified atom stereocenters. The molecule has 0 amide bonds. The number of pyridine rings is 1. The van der Waals surface area contributed by atoms with E-state index in [-0.39, 0.29) is 5.41 Å². The number of aryl methyl sites for hydroxylation is 1. The van der Waals surface area contributed by atoms with Crippen LogP contribution in [-0.2, 0) is 18.9 Å². The average molecular weight is 258 g/mol. The van der Waals surface area contributed by atoms with Crippen LogP contribution in [0.1, 0.15) is 32.0 Å². The van der Waals surface area contributed by atoms with Gasteiger partial charge in [0.25, 0.3) is 0 Å². The summed E-state index contributed by atoms with van der Waals surface area (Å²) in [6.45, 7) is 7.42. The van der Waals surface area contributed by atoms with E-state index < -0.39 is 0 Å². The van der Waals surface area contributed by atoms with Crippen molar-refractivity contribution in [2.75, 3.05) is 11.9 Å². The second kappa shape index (κ2) is 5.43. The number of aromatic nitrogens is 3. The van der Waals surface area contributed by atoms with Crippen LogP contribution in [-0.4, -0.2) is 21.3 Å². The molecule has 2 aromatic rings. The lowest BCUT2D eigenvalue weighted by atomic mass is 9.88. The zero-order valence-corrected chi connectivity index (χ0v) is 12.1. The van der Waals surface area contributed by atoms with Crippen LogP contribution >= 0.6 is 0 Å². The van der Waals surface area contributed by atoms with Gasteiger partial charge < -0.3 is 5.32 Å². The molecule has 0 saturated carbocycles. The third-order valence-corrected chi connectivity index (χ3v) is 3.09. The highest BCUT2D eigenvalue weighted by atomic mass is 15.2. The first-order chi connectivity index (χ1) is 8.95. The van der Waals surface area contributed by atoms with Gasteiger partial charge in [-0.1, -0.05) is 26.8 Å². The lowest BCUT2D eigenvalue weighted by Gasteiger charge is -2.18. The Morgan fingerprint density at radius 2 is 2.00 bits per heavy atom. The first-order valence-electron chi connectivity index (χ1n) is 6.64. The molecule has 2 aromatic heterocycles. The van der Waals surface area contributed by atoms with Gasteiger partial charge in [0.1, 0.15) is 5.82 Å². The van der Waals surface area contributed by atoms with Gasteiger partial charge in [0.05, 0.1) is 5.69 Å². The van der Waals surface area contributed by atoms with Crippen LogP contribution < -0.4 is 5.32 Å². The van der Waals surface area contributed by atoms with E-state index in [4.69, 9.17) is 0 Å². The Hall–Kier alpha value is -1.84. The van der Waals surface area contributed by atoms with Gasteiger partial charge in [0.2, 0.25) is 0 Å². The average Bonchev–Trinajstić information content (AvgIpc) is 2.75.